The zero-order chi connectivity index (χ0) is 15.5. The second kappa shape index (κ2) is 4.87. The molecule has 5 rings (SSSR count). The third-order valence-electron chi connectivity index (χ3n) is 5.70. The Balaban J connectivity index is 1.70. The first-order valence-electron chi connectivity index (χ1n) is 8.04. The first-order chi connectivity index (χ1) is 10.5. The number of aromatic nitrogens is 1. The summed E-state index contributed by atoms with van der Waals surface area (Å²) in [7, 11) is 0. The lowest BCUT2D eigenvalue weighted by Gasteiger charge is -2.56. The molecular formula is C17H22ClN3O. The van der Waals surface area contributed by atoms with E-state index in [1.807, 2.05) is 19.1 Å². The standard InChI is InChI=1S/C17H22ClN3O/c1-10-13(18)5-4-12-14(10)22-20-16(12)19-15-11-6-8-21(9-7-11)17(15,2)3/h4-5,11,15H,6-9H2,1-3H3,(H,19,20). The van der Waals surface area contributed by atoms with Gasteiger partial charge in [0, 0.05) is 22.2 Å². The number of rotatable bonds is 2. The molecular weight excluding hydrogens is 298 g/mol. The van der Waals surface area contributed by atoms with Crippen LogP contribution >= 0.6 is 11.6 Å². The highest BCUT2D eigenvalue weighted by Crippen LogP contribution is 2.41. The monoisotopic (exact) mass is 319 g/mol. The minimum absolute atomic E-state index is 0.147. The number of anilines is 1. The fourth-order valence-electron chi connectivity index (χ4n) is 4.24. The molecule has 0 radical (unpaired) electrons. The largest absolute Gasteiger partial charge is 0.362 e. The Morgan fingerprint density at radius 3 is 2.73 bits per heavy atom. The molecule has 3 aliphatic heterocycles. The van der Waals surface area contributed by atoms with Gasteiger partial charge in [0.15, 0.2) is 11.4 Å². The topological polar surface area (TPSA) is 41.3 Å². The first-order valence-corrected chi connectivity index (χ1v) is 8.42. The molecule has 4 heterocycles. The van der Waals surface area contributed by atoms with Crippen LogP contribution in [0.5, 0.6) is 0 Å². The molecule has 1 atom stereocenters. The lowest BCUT2D eigenvalue weighted by atomic mass is 9.72. The van der Waals surface area contributed by atoms with E-state index in [-0.39, 0.29) is 5.54 Å². The van der Waals surface area contributed by atoms with Crippen LogP contribution in [0, 0.1) is 12.8 Å². The average Bonchev–Trinajstić information content (AvgIpc) is 2.91. The van der Waals surface area contributed by atoms with Gasteiger partial charge < -0.3 is 9.84 Å². The zero-order valence-corrected chi connectivity index (χ0v) is 14.1. The van der Waals surface area contributed by atoms with Crippen LogP contribution in [0.4, 0.5) is 5.82 Å². The van der Waals surface area contributed by atoms with Gasteiger partial charge in [-0.1, -0.05) is 16.8 Å². The van der Waals surface area contributed by atoms with E-state index in [9.17, 15) is 0 Å². The van der Waals surface area contributed by atoms with Gasteiger partial charge in [-0.15, -0.1) is 0 Å². The molecule has 22 heavy (non-hydrogen) atoms. The summed E-state index contributed by atoms with van der Waals surface area (Å²) in [6, 6.07) is 4.32. The van der Waals surface area contributed by atoms with Crippen molar-refractivity contribution in [1.29, 1.82) is 0 Å². The van der Waals surface area contributed by atoms with Crippen molar-refractivity contribution in [3.05, 3.63) is 22.7 Å². The minimum Gasteiger partial charge on any atom is -0.362 e. The van der Waals surface area contributed by atoms with Crippen molar-refractivity contribution >= 4 is 28.4 Å². The van der Waals surface area contributed by atoms with E-state index < -0.39 is 0 Å². The highest BCUT2D eigenvalue weighted by molar-refractivity contribution is 6.32. The van der Waals surface area contributed by atoms with Crippen molar-refractivity contribution in [3.63, 3.8) is 0 Å². The van der Waals surface area contributed by atoms with Gasteiger partial charge in [0.05, 0.1) is 5.39 Å². The van der Waals surface area contributed by atoms with Gasteiger partial charge in [-0.05, 0) is 64.8 Å². The van der Waals surface area contributed by atoms with Crippen LogP contribution in [0.25, 0.3) is 11.0 Å². The Morgan fingerprint density at radius 1 is 1.32 bits per heavy atom. The number of piperidine rings is 3. The van der Waals surface area contributed by atoms with E-state index in [1.165, 1.54) is 25.9 Å². The van der Waals surface area contributed by atoms with E-state index in [4.69, 9.17) is 16.1 Å². The molecule has 3 aliphatic rings. The number of fused-ring (bicyclic) bond motifs is 4. The van der Waals surface area contributed by atoms with Crippen molar-refractivity contribution in [2.24, 2.45) is 5.92 Å². The molecule has 2 bridgehead atoms. The molecule has 1 aromatic heterocycles. The number of benzene rings is 1. The first kappa shape index (κ1) is 14.3. The second-order valence-electron chi connectivity index (χ2n) is 7.18. The third-order valence-corrected chi connectivity index (χ3v) is 6.11. The molecule has 0 amide bonds. The molecule has 1 unspecified atom stereocenters. The second-order valence-corrected chi connectivity index (χ2v) is 7.59. The summed E-state index contributed by atoms with van der Waals surface area (Å²) in [5.41, 5.74) is 1.88. The van der Waals surface area contributed by atoms with Gasteiger partial charge >= 0.3 is 0 Å². The highest BCUT2D eigenvalue weighted by atomic mass is 35.5. The summed E-state index contributed by atoms with van der Waals surface area (Å²) in [5, 5.41) is 9.70. The van der Waals surface area contributed by atoms with Crippen LogP contribution in [0.3, 0.4) is 0 Å². The van der Waals surface area contributed by atoms with Gasteiger partial charge in [0.1, 0.15) is 0 Å². The fourth-order valence-corrected chi connectivity index (χ4v) is 4.39. The molecule has 0 aliphatic carbocycles. The van der Waals surface area contributed by atoms with E-state index in [0.717, 1.165) is 27.4 Å². The smallest absolute Gasteiger partial charge is 0.177 e. The van der Waals surface area contributed by atoms with E-state index in [2.05, 4.69) is 29.2 Å². The highest BCUT2D eigenvalue weighted by Gasteiger charge is 2.47. The van der Waals surface area contributed by atoms with Crippen molar-refractivity contribution in [1.82, 2.24) is 10.1 Å². The van der Waals surface area contributed by atoms with Crippen molar-refractivity contribution in [3.8, 4) is 0 Å². The molecule has 1 N–H and O–H groups in total. The Labute approximate surface area is 135 Å². The zero-order valence-electron chi connectivity index (χ0n) is 13.3. The number of halogens is 1. The predicted octanol–water partition coefficient (Wildman–Crippen LogP) is 4.07. The van der Waals surface area contributed by atoms with Gasteiger partial charge in [-0.2, -0.15) is 0 Å². The van der Waals surface area contributed by atoms with Crippen molar-refractivity contribution < 1.29 is 4.52 Å². The molecule has 3 saturated heterocycles. The maximum Gasteiger partial charge on any atom is 0.177 e. The molecule has 0 saturated carbocycles. The number of nitrogens with zero attached hydrogens (tertiary/aromatic N) is 2. The fraction of sp³-hybridized carbons (Fsp3) is 0.588. The maximum absolute atomic E-state index is 6.17. The normalized spacial score (nSPS) is 29.9. The summed E-state index contributed by atoms with van der Waals surface area (Å²) in [6.45, 7) is 9.06. The van der Waals surface area contributed by atoms with Crippen LogP contribution in [-0.2, 0) is 0 Å². The number of aryl methyl sites for hydroxylation is 1. The summed E-state index contributed by atoms with van der Waals surface area (Å²) in [4.78, 5) is 2.59. The minimum atomic E-state index is 0.147. The third kappa shape index (κ3) is 1.97. The van der Waals surface area contributed by atoms with Crippen LogP contribution in [-0.4, -0.2) is 34.7 Å². The molecule has 0 spiro atoms. The van der Waals surface area contributed by atoms with Crippen molar-refractivity contribution in [2.75, 3.05) is 18.4 Å². The Morgan fingerprint density at radius 2 is 2.05 bits per heavy atom. The van der Waals surface area contributed by atoms with E-state index in [0.29, 0.717) is 12.0 Å². The lowest BCUT2D eigenvalue weighted by molar-refractivity contribution is -0.0189. The van der Waals surface area contributed by atoms with Crippen LogP contribution in [0.2, 0.25) is 5.02 Å². The molecule has 4 nitrogen and oxygen atoms in total. The maximum atomic E-state index is 6.17. The number of hydrogen-bond donors (Lipinski definition) is 1. The summed E-state index contributed by atoms with van der Waals surface area (Å²) < 4.78 is 5.54. The van der Waals surface area contributed by atoms with Crippen LogP contribution in [0.15, 0.2) is 16.7 Å². The number of nitrogens with one attached hydrogen (secondary N) is 1. The molecule has 3 fully saturated rings. The van der Waals surface area contributed by atoms with Crippen LogP contribution < -0.4 is 5.32 Å². The van der Waals surface area contributed by atoms with Crippen molar-refractivity contribution in [2.45, 2.75) is 45.2 Å². The summed E-state index contributed by atoms with van der Waals surface area (Å²) in [6.07, 6.45) is 2.53. The Kier molecular flexibility index (Phi) is 3.17. The summed E-state index contributed by atoms with van der Waals surface area (Å²) in [5.74, 6) is 1.56. The van der Waals surface area contributed by atoms with E-state index in [1.54, 1.807) is 0 Å². The number of hydrogen-bond acceptors (Lipinski definition) is 4. The quantitative estimate of drug-likeness (QED) is 0.905. The average molecular weight is 320 g/mol. The Bertz CT molecular complexity index is 716. The Hall–Kier alpha value is -1.26. The van der Waals surface area contributed by atoms with Gasteiger partial charge in [-0.3, -0.25) is 4.90 Å². The van der Waals surface area contributed by atoms with Gasteiger partial charge in [0.25, 0.3) is 0 Å². The lowest BCUT2D eigenvalue weighted by Crippen LogP contribution is -2.66. The SMILES string of the molecule is Cc1c(Cl)ccc2c(NC3C4CCN(CC4)C3(C)C)noc12. The molecule has 1 aromatic carbocycles. The molecule has 2 aromatic rings. The van der Waals surface area contributed by atoms with Gasteiger partial charge in [0.2, 0.25) is 0 Å². The van der Waals surface area contributed by atoms with Gasteiger partial charge in [-0.25, -0.2) is 0 Å². The van der Waals surface area contributed by atoms with Crippen LogP contribution in [0.1, 0.15) is 32.3 Å². The molecule has 5 heteroatoms. The molecule has 118 valence electrons. The summed E-state index contributed by atoms with van der Waals surface area (Å²) >= 11 is 6.17. The van der Waals surface area contributed by atoms with E-state index >= 15 is 0 Å². The predicted molar refractivity (Wildman–Crippen MR) is 89.5 cm³/mol.